The van der Waals surface area contributed by atoms with Crippen molar-refractivity contribution in [2.24, 2.45) is 7.05 Å². The maximum absolute atomic E-state index is 4.56. The van der Waals surface area contributed by atoms with Crippen molar-refractivity contribution >= 4 is 17.0 Å². The van der Waals surface area contributed by atoms with E-state index in [2.05, 4.69) is 30.9 Å². The summed E-state index contributed by atoms with van der Waals surface area (Å²) in [7, 11) is 2.02. The molecule has 92 valence electrons. The number of nitrogens with zero attached hydrogens (tertiary/aromatic N) is 3. The standard InChI is InChI=1S/C13H15N5/c1-18-12-5-3-2-4-11(12)17-13(18)15-7-6-10-8-14-9-16-10/h2-5,8-9H,6-7H2,1H3,(H,14,16)(H,15,17). The molecule has 0 radical (unpaired) electrons. The van der Waals surface area contributed by atoms with Gasteiger partial charge in [0.05, 0.1) is 17.4 Å². The van der Waals surface area contributed by atoms with E-state index in [0.29, 0.717) is 0 Å². The minimum atomic E-state index is 0.833. The van der Waals surface area contributed by atoms with Gasteiger partial charge in [-0.3, -0.25) is 0 Å². The van der Waals surface area contributed by atoms with Gasteiger partial charge in [0.25, 0.3) is 0 Å². The molecular formula is C13H15N5. The summed E-state index contributed by atoms with van der Waals surface area (Å²) in [5, 5.41) is 3.34. The second-order valence-corrected chi connectivity index (χ2v) is 4.24. The molecule has 0 atom stereocenters. The Labute approximate surface area is 105 Å². The van der Waals surface area contributed by atoms with E-state index < -0.39 is 0 Å². The first-order valence-corrected chi connectivity index (χ1v) is 5.97. The minimum absolute atomic E-state index is 0.833. The number of hydrogen-bond donors (Lipinski definition) is 2. The number of benzene rings is 1. The molecule has 3 aromatic rings. The van der Waals surface area contributed by atoms with Crippen LogP contribution in [0, 0.1) is 0 Å². The van der Waals surface area contributed by atoms with Crippen molar-refractivity contribution in [3.8, 4) is 0 Å². The molecule has 0 aliphatic carbocycles. The maximum atomic E-state index is 4.56. The fourth-order valence-electron chi connectivity index (χ4n) is 2.03. The van der Waals surface area contributed by atoms with Crippen LogP contribution < -0.4 is 5.32 Å². The van der Waals surface area contributed by atoms with Crippen LogP contribution in [0.2, 0.25) is 0 Å². The Balaban J connectivity index is 1.73. The number of anilines is 1. The molecule has 0 saturated carbocycles. The van der Waals surface area contributed by atoms with Crippen LogP contribution in [-0.2, 0) is 13.5 Å². The van der Waals surface area contributed by atoms with Crippen molar-refractivity contribution in [2.75, 3.05) is 11.9 Å². The second kappa shape index (κ2) is 4.52. The molecule has 2 heterocycles. The molecule has 0 aliphatic rings. The number of aromatic amines is 1. The van der Waals surface area contributed by atoms with E-state index in [9.17, 15) is 0 Å². The summed E-state index contributed by atoms with van der Waals surface area (Å²) in [6.45, 7) is 0.833. The van der Waals surface area contributed by atoms with Crippen LogP contribution in [0.1, 0.15) is 5.69 Å². The first-order chi connectivity index (χ1) is 8.84. The number of rotatable bonds is 4. The van der Waals surface area contributed by atoms with Gasteiger partial charge >= 0.3 is 0 Å². The predicted molar refractivity (Wildman–Crippen MR) is 71.5 cm³/mol. The second-order valence-electron chi connectivity index (χ2n) is 4.24. The zero-order chi connectivity index (χ0) is 12.4. The lowest BCUT2D eigenvalue weighted by atomic mass is 10.3. The lowest BCUT2D eigenvalue weighted by Crippen LogP contribution is -2.09. The Morgan fingerprint density at radius 3 is 3.00 bits per heavy atom. The first-order valence-electron chi connectivity index (χ1n) is 5.97. The van der Waals surface area contributed by atoms with Gasteiger partial charge in [-0.2, -0.15) is 0 Å². The van der Waals surface area contributed by atoms with Gasteiger partial charge in [-0.25, -0.2) is 9.97 Å². The maximum Gasteiger partial charge on any atom is 0.203 e. The van der Waals surface area contributed by atoms with Crippen LogP contribution in [0.25, 0.3) is 11.0 Å². The third-order valence-corrected chi connectivity index (χ3v) is 3.02. The van der Waals surface area contributed by atoms with Crippen molar-refractivity contribution in [1.82, 2.24) is 19.5 Å². The molecule has 0 unspecified atom stereocenters. The van der Waals surface area contributed by atoms with Gasteiger partial charge in [0, 0.05) is 31.9 Å². The van der Waals surface area contributed by atoms with Crippen LogP contribution in [0.4, 0.5) is 5.95 Å². The van der Waals surface area contributed by atoms with Crippen molar-refractivity contribution < 1.29 is 0 Å². The Morgan fingerprint density at radius 2 is 2.22 bits per heavy atom. The van der Waals surface area contributed by atoms with E-state index in [1.165, 1.54) is 0 Å². The first kappa shape index (κ1) is 10.8. The zero-order valence-corrected chi connectivity index (χ0v) is 10.2. The number of H-pyrrole nitrogens is 1. The highest BCUT2D eigenvalue weighted by atomic mass is 15.2. The number of fused-ring (bicyclic) bond motifs is 1. The van der Waals surface area contributed by atoms with Crippen LogP contribution in [-0.4, -0.2) is 26.1 Å². The van der Waals surface area contributed by atoms with Gasteiger partial charge in [-0.1, -0.05) is 12.1 Å². The number of para-hydroxylation sites is 2. The molecule has 0 bridgehead atoms. The topological polar surface area (TPSA) is 58.5 Å². The van der Waals surface area contributed by atoms with Crippen molar-refractivity contribution in [3.05, 3.63) is 42.5 Å². The van der Waals surface area contributed by atoms with E-state index in [0.717, 1.165) is 35.6 Å². The molecule has 3 rings (SSSR count). The smallest absolute Gasteiger partial charge is 0.203 e. The normalized spacial score (nSPS) is 10.9. The average Bonchev–Trinajstić information content (AvgIpc) is 3.00. The summed E-state index contributed by atoms with van der Waals surface area (Å²) in [6, 6.07) is 8.12. The SMILES string of the molecule is Cn1c(NCCc2cnc[nH]2)nc2ccccc21. The molecule has 2 aromatic heterocycles. The van der Waals surface area contributed by atoms with Gasteiger partial charge in [-0.05, 0) is 12.1 Å². The van der Waals surface area contributed by atoms with E-state index in [1.54, 1.807) is 6.33 Å². The molecule has 18 heavy (non-hydrogen) atoms. The van der Waals surface area contributed by atoms with E-state index >= 15 is 0 Å². The summed E-state index contributed by atoms with van der Waals surface area (Å²) >= 11 is 0. The molecule has 2 N–H and O–H groups in total. The predicted octanol–water partition coefficient (Wildman–Crippen LogP) is 1.95. The van der Waals surface area contributed by atoms with E-state index in [4.69, 9.17) is 0 Å². The summed E-state index contributed by atoms with van der Waals surface area (Å²) in [5.41, 5.74) is 3.28. The number of imidazole rings is 2. The van der Waals surface area contributed by atoms with Gasteiger partial charge in [0.15, 0.2) is 0 Å². The van der Waals surface area contributed by atoms with Crippen LogP contribution in [0.15, 0.2) is 36.8 Å². The largest absolute Gasteiger partial charge is 0.355 e. The fourth-order valence-corrected chi connectivity index (χ4v) is 2.03. The highest BCUT2D eigenvalue weighted by molar-refractivity contribution is 5.78. The third kappa shape index (κ3) is 1.95. The number of hydrogen-bond acceptors (Lipinski definition) is 3. The van der Waals surface area contributed by atoms with Crippen molar-refractivity contribution in [3.63, 3.8) is 0 Å². The average molecular weight is 241 g/mol. The Morgan fingerprint density at radius 1 is 1.33 bits per heavy atom. The summed E-state index contributed by atoms with van der Waals surface area (Å²) in [4.78, 5) is 11.6. The van der Waals surface area contributed by atoms with Crippen LogP contribution in [0.3, 0.4) is 0 Å². The van der Waals surface area contributed by atoms with E-state index in [1.807, 2.05) is 31.4 Å². The van der Waals surface area contributed by atoms with Crippen LogP contribution >= 0.6 is 0 Å². The number of aryl methyl sites for hydroxylation is 1. The fraction of sp³-hybridized carbons (Fsp3) is 0.231. The Hall–Kier alpha value is -2.30. The zero-order valence-electron chi connectivity index (χ0n) is 10.2. The molecule has 0 amide bonds. The molecule has 0 spiro atoms. The number of nitrogens with one attached hydrogen (secondary N) is 2. The molecule has 1 aromatic carbocycles. The molecule has 5 nitrogen and oxygen atoms in total. The monoisotopic (exact) mass is 241 g/mol. The van der Waals surface area contributed by atoms with Crippen molar-refractivity contribution in [2.45, 2.75) is 6.42 Å². The Bertz CT molecular complexity index is 639. The van der Waals surface area contributed by atoms with Gasteiger partial charge in [0.2, 0.25) is 5.95 Å². The van der Waals surface area contributed by atoms with Gasteiger partial charge in [-0.15, -0.1) is 0 Å². The van der Waals surface area contributed by atoms with Crippen LogP contribution in [0.5, 0.6) is 0 Å². The summed E-state index contributed by atoms with van der Waals surface area (Å²) in [5.74, 6) is 0.899. The van der Waals surface area contributed by atoms with E-state index in [-0.39, 0.29) is 0 Å². The Kier molecular flexibility index (Phi) is 2.72. The highest BCUT2D eigenvalue weighted by Gasteiger charge is 2.05. The lowest BCUT2D eigenvalue weighted by molar-refractivity contribution is 0.901. The molecular weight excluding hydrogens is 226 g/mol. The lowest BCUT2D eigenvalue weighted by Gasteiger charge is -2.04. The summed E-state index contributed by atoms with van der Waals surface area (Å²) < 4.78 is 2.07. The van der Waals surface area contributed by atoms with Crippen molar-refractivity contribution in [1.29, 1.82) is 0 Å². The quantitative estimate of drug-likeness (QED) is 0.734. The third-order valence-electron chi connectivity index (χ3n) is 3.02. The number of aromatic nitrogens is 4. The van der Waals surface area contributed by atoms with Gasteiger partial charge in [0.1, 0.15) is 0 Å². The summed E-state index contributed by atoms with van der Waals surface area (Å²) in [6.07, 6.45) is 4.45. The molecule has 0 aliphatic heterocycles. The molecule has 0 saturated heterocycles. The molecule has 0 fully saturated rings. The molecule has 5 heteroatoms. The van der Waals surface area contributed by atoms with Gasteiger partial charge < -0.3 is 14.9 Å². The minimum Gasteiger partial charge on any atom is -0.355 e. The highest BCUT2D eigenvalue weighted by Crippen LogP contribution is 2.17.